The number of anilines is 1. The Morgan fingerprint density at radius 3 is 1.96 bits per heavy atom. The summed E-state index contributed by atoms with van der Waals surface area (Å²) in [6.45, 7) is 0. The fourth-order valence-electron chi connectivity index (χ4n) is 3.93. The van der Waals surface area contributed by atoms with Crippen LogP contribution in [0.2, 0.25) is 0 Å². The topological polar surface area (TPSA) is 92.9 Å². The predicted octanol–water partition coefficient (Wildman–Crippen LogP) is 4.16. The van der Waals surface area contributed by atoms with Crippen LogP contribution in [0.1, 0.15) is 64.2 Å². The molecule has 1 heterocycles. The highest BCUT2D eigenvalue weighted by molar-refractivity contribution is 5.87. The van der Waals surface area contributed by atoms with Gasteiger partial charge in [-0.15, -0.1) is 0 Å². The van der Waals surface area contributed by atoms with E-state index < -0.39 is 0 Å². The molecule has 2 amide bonds. The minimum atomic E-state index is 0.0683. The van der Waals surface area contributed by atoms with Crippen LogP contribution < -0.4 is 16.4 Å². The van der Waals surface area contributed by atoms with Gasteiger partial charge in [-0.25, -0.2) is 14.8 Å². The number of carbonyl (C=O) groups is 1. The van der Waals surface area contributed by atoms with Gasteiger partial charge < -0.3 is 16.4 Å². The van der Waals surface area contributed by atoms with E-state index in [-0.39, 0.29) is 6.03 Å². The maximum atomic E-state index is 11.8. The van der Waals surface area contributed by atoms with Crippen molar-refractivity contribution in [1.82, 2.24) is 20.6 Å². The fourth-order valence-corrected chi connectivity index (χ4v) is 3.93. The highest BCUT2D eigenvalue weighted by Crippen LogP contribution is 2.19. The van der Waals surface area contributed by atoms with E-state index in [0.29, 0.717) is 17.9 Å². The monoisotopic (exact) mass is 369 g/mol. The van der Waals surface area contributed by atoms with E-state index in [1.807, 2.05) is 24.3 Å². The van der Waals surface area contributed by atoms with Gasteiger partial charge in [0.15, 0.2) is 0 Å². The van der Waals surface area contributed by atoms with E-state index in [0.717, 1.165) is 36.6 Å². The SMILES string of the molecule is Nc1ncnc2ccccc12.O=C(NC1CCCCC1)NC1CCCCC1. The second-order valence-corrected chi connectivity index (χ2v) is 7.56. The number of hydrogen-bond donors (Lipinski definition) is 3. The molecule has 4 N–H and O–H groups in total. The molecule has 1 aromatic carbocycles. The summed E-state index contributed by atoms with van der Waals surface area (Å²) in [5.41, 5.74) is 6.49. The first-order chi connectivity index (χ1) is 13.2. The molecule has 4 rings (SSSR count). The number of fused-ring (bicyclic) bond motifs is 1. The lowest BCUT2D eigenvalue weighted by molar-refractivity contribution is 0.224. The molecule has 0 bridgehead atoms. The number of nitrogen functional groups attached to an aromatic ring is 1. The molecular formula is C21H31N5O. The predicted molar refractivity (Wildman–Crippen MR) is 109 cm³/mol. The van der Waals surface area contributed by atoms with Gasteiger partial charge in [0.05, 0.1) is 5.52 Å². The fraction of sp³-hybridized carbons (Fsp3) is 0.571. The number of amides is 2. The molecule has 2 aliphatic carbocycles. The highest BCUT2D eigenvalue weighted by Gasteiger charge is 2.19. The molecule has 2 fully saturated rings. The van der Waals surface area contributed by atoms with Crippen molar-refractivity contribution in [3.63, 3.8) is 0 Å². The number of carbonyl (C=O) groups excluding carboxylic acids is 1. The van der Waals surface area contributed by atoms with Crippen molar-refractivity contribution in [2.75, 3.05) is 5.73 Å². The first-order valence-electron chi connectivity index (χ1n) is 10.2. The molecule has 0 spiro atoms. The zero-order chi connectivity index (χ0) is 18.9. The number of para-hydroxylation sites is 1. The number of nitrogens with zero attached hydrogens (tertiary/aromatic N) is 2. The molecule has 6 heteroatoms. The smallest absolute Gasteiger partial charge is 0.315 e. The summed E-state index contributed by atoms with van der Waals surface area (Å²) in [6.07, 6.45) is 13.9. The molecule has 27 heavy (non-hydrogen) atoms. The van der Waals surface area contributed by atoms with E-state index in [9.17, 15) is 4.79 Å². The van der Waals surface area contributed by atoms with E-state index in [1.54, 1.807) is 0 Å². The Balaban J connectivity index is 0.000000166. The van der Waals surface area contributed by atoms with Crippen LogP contribution in [0.4, 0.5) is 10.6 Å². The Hall–Kier alpha value is -2.37. The zero-order valence-corrected chi connectivity index (χ0v) is 16.0. The molecule has 2 saturated carbocycles. The van der Waals surface area contributed by atoms with Gasteiger partial charge in [-0.05, 0) is 37.8 Å². The Morgan fingerprint density at radius 2 is 1.41 bits per heavy atom. The molecule has 0 unspecified atom stereocenters. The van der Waals surface area contributed by atoms with Crippen LogP contribution in [0.15, 0.2) is 30.6 Å². The number of nitrogens with one attached hydrogen (secondary N) is 2. The number of benzene rings is 1. The summed E-state index contributed by atoms with van der Waals surface area (Å²) < 4.78 is 0. The summed E-state index contributed by atoms with van der Waals surface area (Å²) in [5, 5.41) is 7.14. The second-order valence-electron chi connectivity index (χ2n) is 7.56. The number of aromatic nitrogens is 2. The normalized spacial score (nSPS) is 18.4. The highest BCUT2D eigenvalue weighted by atomic mass is 16.2. The van der Waals surface area contributed by atoms with Crippen LogP contribution in [-0.4, -0.2) is 28.1 Å². The van der Waals surface area contributed by atoms with Crippen molar-refractivity contribution < 1.29 is 4.79 Å². The van der Waals surface area contributed by atoms with Gasteiger partial charge in [0.2, 0.25) is 0 Å². The average molecular weight is 370 g/mol. The average Bonchev–Trinajstić information content (AvgIpc) is 2.70. The summed E-state index contributed by atoms with van der Waals surface area (Å²) in [6, 6.07) is 8.59. The van der Waals surface area contributed by atoms with Crippen LogP contribution in [0.25, 0.3) is 10.9 Å². The van der Waals surface area contributed by atoms with Gasteiger partial charge in [-0.3, -0.25) is 0 Å². The molecule has 0 radical (unpaired) electrons. The van der Waals surface area contributed by atoms with Gasteiger partial charge in [-0.2, -0.15) is 0 Å². The number of rotatable bonds is 2. The lowest BCUT2D eigenvalue weighted by atomic mass is 9.95. The number of nitrogens with two attached hydrogens (primary N) is 1. The first kappa shape index (κ1) is 19.4. The van der Waals surface area contributed by atoms with Gasteiger partial charge in [0.1, 0.15) is 12.1 Å². The minimum absolute atomic E-state index is 0.0683. The number of hydrogen-bond acceptors (Lipinski definition) is 4. The Bertz CT molecular complexity index is 696. The van der Waals surface area contributed by atoms with Crippen LogP contribution in [0.5, 0.6) is 0 Å². The van der Waals surface area contributed by atoms with Gasteiger partial charge in [-0.1, -0.05) is 50.7 Å². The molecule has 0 saturated heterocycles. The zero-order valence-electron chi connectivity index (χ0n) is 16.0. The molecule has 0 aliphatic heterocycles. The van der Waals surface area contributed by atoms with E-state index in [2.05, 4.69) is 20.6 Å². The molecule has 0 atom stereocenters. The van der Waals surface area contributed by atoms with Crippen molar-refractivity contribution in [3.05, 3.63) is 30.6 Å². The molecule has 1 aromatic heterocycles. The molecule has 6 nitrogen and oxygen atoms in total. The molecule has 146 valence electrons. The van der Waals surface area contributed by atoms with Crippen LogP contribution >= 0.6 is 0 Å². The Morgan fingerprint density at radius 1 is 0.852 bits per heavy atom. The summed E-state index contributed by atoms with van der Waals surface area (Å²) >= 11 is 0. The third kappa shape index (κ3) is 6.08. The van der Waals surface area contributed by atoms with Crippen molar-refractivity contribution in [3.8, 4) is 0 Å². The molecular weight excluding hydrogens is 338 g/mol. The third-order valence-corrected chi connectivity index (χ3v) is 5.45. The van der Waals surface area contributed by atoms with E-state index >= 15 is 0 Å². The van der Waals surface area contributed by atoms with Crippen LogP contribution in [-0.2, 0) is 0 Å². The van der Waals surface area contributed by atoms with Gasteiger partial charge in [0.25, 0.3) is 0 Å². The van der Waals surface area contributed by atoms with E-state index in [4.69, 9.17) is 5.73 Å². The summed E-state index contributed by atoms with van der Waals surface area (Å²) in [5.74, 6) is 0.538. The quantitative estimate of drug-likeness (QED) is 0.741. The largest absolute Gasteiger partial charge is 0.383 e. The van der Waals surface area contributed by atoms with Crippen molar-refractivity contribution in [1.29, 1.82) is 0 Å². The van der Waals surface area contributed by atoms with Gasteiger partial charge in [0, 0.05) is 17.5 Å². The third-order valence-electron chi connectivity index (χ3n) is 5.45. The summed E-state index contributed by atoms with van der Waals surface area (Å²) in [4.78, 5) is 19.7. The van der Waals surface area contributed by atoms with Crippen molar-refractivity contribution >= 4 is 22.8 Å². The molecule has 2 aromatic rings. The Labute approximate surface area is 161 Å². The molecule has 2 aliphatic rings. The van der Waals surface area contributed by atoms with E-state index in [1.165, 1.54) is 44.9 Å². The Kier molecular flexibility index (Phi) is 7.25. The number of urea groups is 1. The minimum Gasteiger partial charge on any atom is -0.383 e. The van der Waals surface area contributed by atoms with Crippen LogP contribution in [0, 0.1) is 0 Å². The lowest BCUT2D eigenvalue weighted by Crippen LogP contribution is -2.47. The maximum Gasteiger partial charge on any atom is 0.315 e. The van der Waals surface area contributed by atoms with Crippen molar-refractivity contribution in [2.24, 2.45) is 0 Å². The summed E-state index contributed by atoms with van der Waals surface area (Å²) in [7, 11) is 0. The van der Waals surface area contributed by atoms with Gasteiger partial charge >= 0.3 is 6.03 Å². The van der Waals surface area contributed by atoms with Crippen LogP contribution in [0.3, 0.4) is 0 Å². The van der Waals surface area contributed by atoms with Crippen molar-refractivity contribution in [2.45, 2.75) is 76.3 Å². The maximum absolute atomic E-state index is 11.8. The standard InChI is InChI=1S/C13H24N2O.C8H7N3/c16-13(14-11-7-3-1-4-8-11)15-12-9-5-2-6-10-12;9-8-6-3-1-2-4-7(6)10-5-11-8/h11-12H,1-10H2,(H2,14,15,16);1-5H,(H2,9,10,11). The second kappa shape index (κ2) is 10.1. The lowest BCUT2D eigenvalue weighted by Gasteiger charge is -2.26. The first-order valence-corrected chi connectivity index (χ1v) is 10.2.